The minimum absolute atomic E-state index is 0.0382. The molecule has 14 heavy (non-hydrogen) atoms. The Kier molecular flexibility index (Phi) is 2.67. The summed E-state index contributed by atoms with van der Waals surface area (Å²) < 4.78 is 5.52. The highest BCUT2D eigenvalue weighted by Gasteiger charge is 2.16. The van der Waals surface area contributed by atoms with Gasteiger partial charge in [-0.3, -0.25) is 5.84 Å². The molecule has 1 atom stereocenters. The number of aryl methyl sites for hydroxylation is 1. The average Bonchev–Trinajstić information content (AvgIpc) is 2.79. The van der Waals surface area contributed by atoms with E-state index in [0.29, 0.717) is 0 Å². The van der Waals surface area contributed by atoms with Crippen LogP contribution in [0.1, 0.15) is 22.4 Å². The van der Waals surface area contributed by atoms with Crippen molar-refractivity contribution in [3.8, 4) is 0 Å². The summed E-state index contributed by atoms with van der Waals surface area (Å²) in [5.74, 6) is 7.26. The molecule has 0 fully saturated rings. The summed E-state index contributed by atoms with van der Waals surface area (Å²) in [5.41, 5.74) is 2.75. The number of hydrazine groups is 1. The minimum atomic E-state index is -0.0382. The van der Waals surface area contributed by atoms with Crippen molar-refractivity contribution < 1.29 is 4.42 Å². The van der Waals surface area contributed by atoms with Crippen molar-refractivity contribution in [2.24, 2.45) is 5.84 Å². The molecule has 0 spiro atoms. The topological polar surface area (TPSA) is 51.2 Å². The Hall–Kier alpha value is -1.10. The second kappa shape index (κ2) is 3.96. The van der Waals surface area contributed by atoms with E-state index in [2.05, 4.69) is 5.43 Å². The SMILES string of the molecule is Cc1ccc(C(NN)c2cccs2)o1. The van der Waals surface area contributed by atoms with Crippen LogP contribution < -0.4 is 11.3 Å². The Balaban J connectivity index is 2.31. The van der Waals surface area contributed by atoms with Gasteiger partial charge in [-0.05, 0) is 30.5 Å². The van der Waals surface area contributed by atoms with Crippen LogP contribution in [0.5, 0.6) is 0 Å². The van der Waals surface area contributed by atoms with Crippen LogP contribution in [-0.2, 0) is 0 Å². The fourth-order valence-corrected chi connectivity index (χ4v) is 2.16. The van der Waals surface area contributed by atoms with Gasteiger partial charge in [-0.1, -0.05) is 6.07 Å². The third kappa shape index (κ3) is 1.72. The summed E-state index contributed by atoms with van der Waals surface area (Å²) in [4.78, 5) is 1.15. The van der Waals surface area contributed by atoms with E-state index in [4.69, 9.17) is 10.3 Å². The predicted molar refractivity (Wildman–Crippen MR) is 56.9 cm³/mol. The molecule has 3 nitrogen and oxygen atoms in total. The molecule has 0 radical (unpaired) electrons. The molecule has 2 heterocycles. The molecule has 4 heteroatoms. The van der Waals surface area contributed by atoms with Crippen molar-refractivity contribution in [3.05, 3.63) is 46.0 Å². The first-order chi connectivity index (χ1) is 6.81. The van der Waals surface area contributed by atoms with Crippen LogP contribution in [0.15, 0.2) is 34.1 Å². The molecule has 2 aromatic rings. The summed E-state index contributed by atoms with van der Waals surface area (Å²) in [6.07, 6.45) is 0. The molecule has 74 valence electrons. The number of nitrogens with one attached hydrogen (secondary N) is 1. The monoisotopic (exact) mass is 208 g/mol. The van der Waals surface area contributed by atoms with Gasteiger partial charge in [-0.15, -0.1) is 11.3 Å². The molecule has 0 amide bonds. The van der Waals surface area contributed by atoms with Gasteiger partial charge < -0.3 is 4.42 Å². The van der Waals surface area contributed by atoms with E-state index >= 15 is 0 Å². The lowest BCUT2D eigenvalue weighted by Crippen LogP contribution is -2.27. The Bertz CT molecular complexity index is 394. The standard InChI is InChI=1S/C10H12N2OS/c1-7-4-5-8(13-7)10(12-11)9-3-2-6-14-9/h2-6,10,12H,11H2,1H3. The van der Waals surface area contributed by atoms with Gasteiger partial charge in [0.1, 0.15) is 17.6 Å². The van der Waals surface area contributed by atoms with Crippen molar-refractivity contribution in [3.63, 3.8) is 0 Å². The molecule has 2 aromatic heterocycles. The maximum absolute atomic E-state index is 5.52. The lowest BCUT2D eigenvalue weighted by molar-refractivity contribution is 0.437. The van der Waals surface area contributed by atoms with Crippen molar-refractivity contribution in [2.75, 3.05) is 0 Å². The fourth-order valence-electron chi connectivity index (χ4n) is 1.37. The zero-order valence-electron chi connectivity index (χ0n) is 7.86. The molecule has 0 saturated heterocycles. The maximum atomic E-state index is 5.52. The highest BCUT2D eigenvalue weighted by atomic mass is 32.1. The van der Waals surface area contributed by atoms with Gasteiger partial charge in [-0.2, -0.15) is 0 Å². The van der Waals surface area contributed by atoms with E-state index in [0.717, 1.165) is 16.4 Å². The molecule has 2 rings (SSSR count). The van der Waals surface area contributed by atoms with E-state index in [1.165, 1.54) is 0 Å². The zero-order valence-corrected chi connectivity index (χ0v) is 8.67. The molecule has 1 unspecified atom stereocenters. The molecule has 0 aliphatic rings. The molecule has 0 aliphatic heterocycles. The van der Waals surface area contributed by atoms with Crippen LogP contribution in [-0.4, -0.2) is 0 Å². The second-order valence-electron chi connectivity index (χ2n) is 3.06. The third-order valence-electron chi connectivity index (χ3n) is 2.04. The normalized spacial score (nSPS) is 13.0. The Labute approximate surface area is 86.5 Å². The van der Waals surface area contributed by atoms with Crippen LogP contribution in [0.25, 0.3) is 0 Å². The Morgan fingerprint density at radius 3 is 2.79 bits per heavy atom. The third-order valence-corrected chi connectivity index (χ3v) is 2.98. The second-order valence-corrected chi connectivity index (χ2v) is 4.04. The van der Waals surface area contributed by atoms with Crippen LogP contribution in [0.2, 0.25) is 0 Å². The minimum Gasteiger partial charge on any atom is -0.464 e. The molecule has 3 N–H and O–H groups in total. The van der Waals surface area contributed by atoms with E-state index in [1.807, 2.05) is 36.6 Å². The summed E-state index contributed by atoms with van der Waals surface area (Å²) >= 11 is 1.66. The van der Waals surface area contributed by atoms with Gasteiger partial charge in [0.2, 0.25) is 0 Å². The first-order valence-corrected chi connectivity index (χ1v) is 5.25. The van der Waals surface area contributed by atoms with Crippen LogP contribution in [0, 0.1) is 6.92 Å². The number of thiophene rings is 1. The fraction of sp³-hybridized carbons (Fsp3) is 0.200. The highest BCUT2D eigenvalue weighted by Crippen LogP contribution is 2.26. The van der Waals surface area contributed by atoms with Gasteiger partial charge in [0.05, 0.1) is 0 Å². The van der Waals surface area contributed by atoms with E-state index < -0.39 is 0 Å². The summed E-state index contributed by atoms with van der Waals surface area (Å²) in [5, 5.41) is 2.02. The molecule has 0 bridgehead atoms. The van der Waals surface area contributed by atoms with E-state index in [9.17, 15) is 0 Å². The lowest BCUT2D eigenvalue weighted by atomic mass is 10.2. The Morgan fingerprint density at radius 1 is 1.43 bits per heavy atom. The lowest BCUT2D eigenvalue weighted by Gasteiger charge is -2.10. The molecular weight excluding hydrogens is 196 g/mol. The summed E-state index contributed by atoms with van der Waals surface area (Å²) in [7, 11) is 0. The number of nitrogens with two attached hydrogens (primary N) is 1. The number of hydrogen-bond donors (Lipinski definition) is 2. The zero-order chi connectivity index (χ0) is 9.97. The van der Waals surface area contributed by atoms with E-state index in [-0.39, 0.29) is 6.04 Å². The average molecular weight is 208 g/mol. The van der Waals surface area contributed by atoms with E-state index in [1.54, 1.807) is 11.3 Å². The largest absolute Gasteiger partial charge is 0.464 e. The highest BCUT2D eigenvalue weighted by molar-refractivity contribution is 7.10. The number of furan rings is 1. The van der Waals surface area contributed by atoms with Crippen LogP contribution in [0.3, 0.4) is 0 Å². The predicted octanol–water partition coefficient (Wildman–Crippen LogP) is 2.20. The van der Waals surface area contributed by atoms with Gasteiger partial charge in [0, 0.05) is 4.88 Å². The Morgan fingerprint density at radius 2 is 2.29 bits per heavy atom. The summed E-state index contributed by atoms with van der Waals surface area (Å²) in [6.45, 7) is 1.92. The first-order valence-electron chi connectivity index (χ1n) is 4.37. The van der Waals surface area contributed by atoms with Gasteiger partial charge in [0.15, 0.2) is 0 Å². The molecule has 0 aliphatic carbocycles. The summed E-state index contributed by atoms with van der Waals surface area (Å²) in [6, 6.07) is 7.88. The first kappa shape index (κ1) is 9.45. The smallest absolute Gasteiger partial charge is 0.127 e. The molecule has 0 aromatic carbocycles. The van der Waals surface area contributed by atoms with Crippen molar-refractivity contribution >= 4 is 11.3 Å². The molecular formula is C10H12N2OS. The van der Waals surface area contributed by atoms with Crippen LogP contribution in [0.4, 0.5) is 0 Å². The number of rotatable bonds is 3. The van der Waals surface area contributed by atoms with Gasteiger partial charge in [0.25, 0.3) is 0 Å². The molecule has 0 saturated carbocycles. The van der Waals surface area contributed by atoms with Crippen molar-refractivity contribution in [1.29, 1.82) is 0 Å². The quantitative estimate of drug-likeness (QED) is 0.600. The number of hydrogen-bond acceptors (Lipinski definition) is 4. The van der Waals surface area contributed by atoms with Crippen LogP contribution >= 0.6 is 11.3 Å². The van der Waals surface area contributed by atoms with Gasteiger partial charge >= 0.3 is 0 Å². The van der Waals surface area contributed by atoms with Gasteiger partial charge in [-0.25, -0.2) is 5.43 Å². The maximum Gasteiger partial charge on any atom is 0.127 e. The van der Waals surface area contributed by atoms with Crippen molar-refractivity contribution in [1.82, 2.24) is 5.43 Å². The van der Waals surface area contributed by atoms with Crippen molar-refractivity contribution in [2.45, 2.75) is 13.0 Å².